The highest BCUT2D eigenvalue weighted by Gasteiger charge is 2.39. The number of alkyl halides is 3. The summed E-state index contributed by atoms with van der Waals surface area (Å²) in [4.78, 5) is 38.1. The first-order valence-corrected chi connectivity index (χ1v) is 10.8. The summed E-state index contributed by atoms with van der Waals surface area (Å²) in [6, 6.07) is 5.43. The molecular weight excluding hydrogens is 429 g/mol. The first-order valence-electron chi connectivity index (χ1n) is 8.93. The maximum absolute atomic E-state index is 12.6. The lowest BCUT2D eigenvalue weighted by Crippen LogP contribution is -2.49. The molecule has 1 aliphatic rings. The number of nitrogens with zero attached hydrogens (tertiary/aromatic N) is 2. The van der Waals surface area contributed by atoms with Gasteiger partial charge < -0.3 is 9.80 Å². The molecule has 0 aliphatic carbocycles. The number of hydrazine groups is 1. The van der Waals surface area contributed by atoms with E-state index >= 15 is 0 Å². The predicted octanol–water partition coefficient (Wildman–Crippen LogP) is 0.682. The molecule has 13 heteroatoms. The van der Waals surface area contributed by atoms with Crippen molar-refractivity contribution in [1.29, 1.82) is 0 Å². The molecule has 1 aliphatic heterocycles. The highest BCUT2D eigenvalue weighted by atomic mass is 32.2. The zero-order valence-corrected chi connectivity index (χ0v) is 16.8. The third kappa shape index (κ3) is 6.34. The van der Waals surface area contributed by atoms with Gasteiger partial charge in [-0.05, 0) is 24.6 Å². The average Bonchev–Trinajstić information content (AvgIpc) is 2.69. The molecule has 2 rings (SSSR count). The molecule has 9 nitrogen and oxygen atoms in total. The zero-order chi connectivity index (χ0) is 22.5. The van der Waals surface area contributed by atoms with Crippen molar-refractivity contribution in [2.45, 2.75) is 19.6 Å². The lowest BCUT2D eigenvalue weighted by molar-refractivity contribution is -0.174. The van der Waals surface area contributed by atoms with Crippen molar-refractivity contribution in [2.24, 2.45) is 0 Å². The number of carbonyl (C=O) groups is 3. The average molecular weight is 450 g/mol. The number of hydrogen-bond donors (Lipinski definition) is 2. The minimum Gasteiger partial charge on any atom is -0.323 e. The van der Waals surface area contributed by atoms with Crippen LogP contribution in [0, 0.1) is 0 Å². The van der Waals surface area contributed by atoms with E-state index in [4.69, 9.17) is 0 Å². The Balaban J connectivity index is 1.94. The Morgan fingerprint density at radius 3 is 2.13 bits per heavy atom. The van der Waals surface area contributed by atoms with Gasteiger partial charge >= 0.3 is 18.1 Å². The van der Waals surface area contributed by atoms with Crippen molar-refractivity contribution in [3.8, 4) is 0 Å². The number of benzene rings is 1. The summed E-state index contributed by atoms with van der Waals surface area (Å²) in [5.41, 5.74) is 3.60. The van der Waals surface area contributed by atoms with Gasteiger partial charge in [0.1, 0.15) is 0 Å². The van der Waals surface area contributed by atoms with E-state index in [1.807, 2.05) is 0 Å². The molecule has 1 heterocycles. The maximum atomic E-state index is 12.6. The molecule has 2 N–H and O–H groups in total. The van der Waals surface area contributed by atoms with Crippen LogP contribution in [0.15, 0.2) is 24.3 Å². The molecule has 0 atom stereocenters. The van der Waals surface area contributed by atoms with Crippen LogP contribution in [0.2, 0.25) is 0 Å². The lowest BCUT2D eigenvalue weighted by atomic mass is 10.1. The van der Waals surface area contributed by atoms with Crippen molar-refractivity contribution < 1.29 is 36.0 Å². The number of amides is 4. The molecule has 0 unspecified atom stereocenters. The molecule has 166 valence electrons. The standard InChI is InChI=1S/C17H21F3N4O5S/c1-2-23(16(27)24-7-9-30(28,29)10-8-24)11-12-3-5-13(6-4-12)14(25)21-22-15(26)17(18,19)20/h3-6H,2,7-11H2,1H3,(H,21,25)(H,22,26). The first kappa shape index (κ1) is 23.4. The van der Waals surface area contributed by atoms with Gasteiger partial charge in [-0.15, -0.1) is 0 Å². The fraction of sp³-hybridized carbons (Fsp3) is 0.471. The Bertz CT molecular complexity index is 889. The highest BCUT2D eigenvalue weighted by molar-refractivity contribution is 7.91. The third-order valence-corrected chi connectivity index (χ3v) is 6.01. The van der Waals surface area contributed by atoms with E-state index in [0.717, 1.165) is 0 Å². The second kappa shape index (κ2) is 9.32. The summed E-state index contributed by atoms with van der Waals surface area (Å²) in [5.74, 6) is -3.39. The number of carbonyl (C=O) groups excluding carboxylic acids is 3. The number of rotatable bonds is 4. The molecule has 4 amide bonds. The van der Waals surface area contributed by atoms with Crippen LogP contribution in [0.3, 0.4) is 0 Å². The van der Waals surface area contributed by atoms with Gasteiger partial charge in [0.2, 0.25) is 0 Å². The Labute approximate surface area is 171 Å². The van der Waals surface area contributed by atoms with Gasteiger partial charge in [-0.25, -0.2) is 13.2 Å². The van der Waals surface area contributed by atoms with E-state index in [2.05, 4.69) is 0 Å². The van der Waals surface area contributed by atoms with E-state index in [1.54, 1.807) is 12.3 Å². The number of nitrogens with one attached hydrogen (secondary N) is 2. The van der Waals surface area contributed by atoms with Crippen LogP contribution < -0.4 is 10.9 Å². The summed E-state index contributed by atoms with van der Waals surface area (Å²) in [5, 5.41) is 0. The molecule has 1 aromatic rings. The summed E-state index contributed by atoms with van der Waals surface area (Å²) in [6.45, 7) is 2.59. The largest absolute Gasteiger partial charge is 0.472 e. The van der Waals surface area contributed by atoms with E-state index in [9.17, 15) is 36.0 Å². The van der Waals surface area contributed by atoms with Crippen LogP contribution in [-0.4, -0.2) is 73.4 Å². The van der Waals surface area contributed by atoms with Crippen LogP contribution in [0.5, 0.6) is 0 Å². The SMILES string of the molecule is CCN(Cc1ccc(C(=O)NNC(=O)C(F)(F)F)cc1)C(=O)N1CCS(=O)(=O)CC1. The molecule has 1 fully saturated rings. The third-order valence-electron chi connectivity index (χ3n) is 4.40. The zero-order valence-electron chi connectivity index (χ0n) is 16.0. The van der Waals surface area contributed by atoms with Crippen molar-refractivity contribution >= 4 is 27.7 Å². The van der Waals surface area contributed by atoms with Crippen molar-refractivity contribution in [3.05, 3.63) is 35.4 Å². The van der Waals surface area contributed by atoms with Crippen LogP contribution in [0.1, 0.15) is 22.8 Å². The normalized spacial score (nSPS) is 15.9. The van der Waals surface area contributed by atoms with Gasteiger partial charge in [-0.3, -0.25) is 20.4 Å². The monoisotopic (exact) mass is 450 g/mol. The molecular formula is C17H21F3N4O5S. The molecule has 1 saturated heterocycles. The number of sulfone groups is 1. The second-order valence-electron chi connectivity index (χ2n) is 6.54. The topological polar surface area (TPSA) is 116 Å². The van der Waals surface area contributed by atoms with Crippen LogP contribution in [-0.2, 0) is 21.2 Å². The summed E-state index contributed by atoms with van der Waals surface area (Å²) >= 11 is 0. The Morgan fingerprint density at radius 1 is 1.07 bits per heavy atom. The Morgan fingerprint density at radius 2 is 1.63 bits per heavy atom. The summed E-state index contributed by atoms with van der Waals surface area (Å²) in [7, 11) is -3.11. The fourth-order valence-electron chi connectivity index (χ4n) is 2.66. The van der Waals surface area contributed by atoms with Gasteiger partial charge in [0, 0.05) is 31.7 Å². The van der Waals surface area contributed by atoms with E-state index in [0.29, 0.717) is 12.1 Å². The maximum Gasteiger partial charge on any atom is 0.472 e. The first-order chi connectivity index (χ1) is 13.9. The van der Waals surface area contributed by atoms with Crippen molar-refractivity contribution in [2.75, 3.05) is 31.1 Å². The predicted molar refractivity (Wildman–Crippen MR) is 99.8 cm³/mol. The van der Waals surface area contributed by atoms with Crippen molar-refractivity contribution in [1.82, 2.24) is 20.7 Å². The van der Waals surface area contributed by atoms with Crippen LogP contribution in [0.25, 0.3) is 0 Å². The molecule has 0 radical (unpaired) electrons. The van der Waals surface area contributed by atoms with Gasteiger partial charge in [0.05, 0.1) is 11.5 Å². The van der Waals surface area contributed by atoms with Crippen molar-refractivity contribution in [3.63, 3.8) is 0 Å². The molecule has 0 spiro atoms. The minimum atomic E-state index is -5.12. The lowest BCUT2D eigenvalue weighted by Gasteiger charge is -2.32. The number of halogens is 3. The highest BCUT2D eigenvalue weighted by Crippen LogP contribution is 2.14. The van der Waals surface area contributed by atoms with Gasteiger partial charge in [-0.1, -0.05) is 12.1 Å². The van der Waals surface area contributed by atoms with Gasteiger partial charge in [-0.2, -0.15) is 13.2 Å². The molecule has 0 aromatic heterocycles. The van der Waals surface area contributed by atoms with Gasteiger partial charge in [0.15, 0.2) is 9.84 Å². The van der Waals surface area contributed by atoms with Crippen LogP contribution >= 0.6 is 0 Å². The summed E-state index contributed by atoms with van der Waals surface area (Å²) < 4.78 is 59.4. The summed E-state index contributed by atoms with van der Waals surface area (Å²) in [6.07, 6.45) is -5.12. The smallest absolute Gasteiger partial charge is 0.323 e. The molecule has 1 aromatic carbocycles. The fourth-order valence-corrected chi connectivity index (χ4v) is 3.86. The van der Waals surface area contributed by atoms with E-state index < -0.39 is 27.8 Å². The number of hydrogen-bond acceptors (Lipinski definition) is 5. The molecule has 30 heavy (non-hydrogen) atoms. The van der Waals surface area contributed by atoms with E-state index in [1.165, 1.54) is 39.5 Å². The van der Waals surface area contributed by atoms with Gasteiger partial charge in [0.25, 0.3) is 5.91 Å². The second-order valence-corrected chi connectivity index (χ2v) is 8.84. The minimum absolute atomic E-state index is 0.0110. The molecule has 0 saturated carbocycles. The molecule has 0 bridgehead atoms. The Hall–Kier alpha value is -2.83. The number of urea groups is 1. The van der Waals surface area contributed by atoms with Crippen LogP contribution in [0.4, 0.5) is 18.0 Å². The van der Waals surface area contributed by atoms with E-state index in [-0.39, 0.29) is 42.7 Å². The quantitative estimate of drug-likeness (QED) is 0.655. The Kier molecular flexibility index (Phi) is 7.29.